The molecule has 1 saturated heterocycles. The molecule has 1 aliphatic rings. The molecule has 1 amide bonds. The number of nitrogens with two attached hydrogens (primary N) is 1. The van der Waals surface area contributed by atoms with Crippen molar-refractivity contribution in [3.05, 3.63) is 32.3 Å². The lowest BCUT2D eigenvalue weighted by molar-refractivity contribution is -0.384. The van der Waals surface area contributed by atoms with E-state index in [0.717, 1.165) is 6.07 Å². The summed E-state index contributed by atoms with van der Waals surface area (Å²) in [5.41, 5.74) is 4.47. The van der Waals surface area contributed by atoms with Crippen molar-refractivity contribution in [3.8, 4) is 0 Å². The van der Waals surface area contributed by atoms with Gasteiger partial charge in [-0.3, -0.25) is 14.9 Å². The molecule has 23 heavy (non-hydrogen) atoms. The first-order chi connectivity index (χ1) is 10.6. The van der Waals surface area contributed by atoms with Gasteiger partial charge in [-0.25, -0.2) is 0 Å². The molecule has 1 heterocycles. The van der Waals surface area contributed by atoms with Crippen LogP contribution in [0.15, 0.2) is 16.6 Å². The van der Waals surface area contributed by atoms with Crippen molar-refractivity contribution in [2.24, 2.45) is 11.7 Å². The van der Waals surface area contributed by atoms with Crippen LogP contribution in [0.5, 0.6) is 0 Å². The first kappa shape index (κ1) is 17.5. The smallest absolute Gasteiger partial charge is 0.366 e. The quantitative estimate of drug-likeness (QED) is 0.628. The zero-order chi connectivity index (χ0) is 17.4. The number of alkyl halides is 3. The summed E-state index contributed by atoms with van der Waals surface area (Å²) in [7, 11) is 0. The van der Waals surface area contributed by atoms with Crippen molar-refractivity contribution < 1.29 is 22.9 Å². The zero-order valence-corrected chi connectivity index (χ0v) is 13.4. The number of nitro benzene ring substituents is 1. The van der Waals surface area contributed by atoms with Crippen LogP contribution in [0.3, 0.4) is 0 Å². The first-order valence-corrected chi connectivity index (χ1v) is 7.50. The van der Waals surface area contributed by atoms with E-state index in [-0.39, 0.29) is 35.1 Å². The Labute approximate surface area is 137 Å². The normalized spacial score (nSPS) is 18.8. The second-order valence-corrected chi connectivity index (χ2v) is 6.18. The Morgan fingerprint density at radius 3 is 2.61 bits per heavy atom. The third-order valence-corrected chi connectivity index (χ3v) is 4.18. The molecule has 0 saturated carbocycles. The highest BCUT2D eigenvalue weighted by Gasteiger charge is 2.43. The van der Waals surface area contributed by atoms with Crippen molar-refractivity contribution in [1.82, 2.24) is 0 Å². The molecule has 1 fully saturated rings. The molecule has 0 spiro atoms. The molecule has 2 rings (SSSR count). The Hall–Kier alpha value is -1.84. The second kappa shape index (κ2) is 6.34. The maximum absolute atomic E-state index is 13.0. The number of primary amides is 1. The number of piperidine rings is 1. The number of carbonyl (C=O) groups is 1. The Kier molecular flexibility index (Phi) is 4.83. The van der Waals surface area contributed by atoms with Gasteiger partial charge in [0.15, 0.2) is 0 Å². The van der Waals surface area contributed by atoms with Crippen molar-refractivity contribution in [2.75, 3.05) is 18.0 Å². The van der Waals surface area contributed by atoms with Crippen molar-refractivity contribution in [1.29, 1.82) is 0 Å². The lowest BCUT2D eigenvalue weighted by Gasteiger charge is -2.35. The molecule has 6 nitrogen and oxygen atoms in total. The van der Waals surface area contributed by atoms with Crippen LogP contribution >= 0.6 is 15.9 Å². The van der Waals surface area contributed by atoms with Crippen LogP contribution in [-0.4, -0.2) is 30.1 Å². The Morgan fingerprint density at radius 2 is 2.09 bits per heavy atom. The molecule has 10 heteroatoms. The van der Waals surface area contributed by atoms with E-state index in [2.05, 4.69) is 15.9 Å². The number of nitro groups is 1. The van der Waals surface area contributed by atoms with Crippen molar-refractivity contribution in [3.63, 3.8) is 0 Å². The highest BCUT2D eigenvalue weighted by Crippen LogP contribution is 2.40. The standard InChI is InChI=1S/C13H13BrF3N3O3/c14-8-4-9(12(18)21)11(10(5-8)20(22)23)19-3-1-2-7(6-19)13(15,16)17/h4-5,7H,1-3,6H2,(H2,18,21). The van der Waals surface area contributed by atoms with Gasteiger partial charge in [-0.05, 0) is 18.9 Å². The van der Waals surface area contributed by atoms with Gasteiger partial charge < -0.3 is 10.6 Å². The third kappa shape index (κ3) is 3.74. The summed E-state index contributed by atoms with van der Waals surface area (Å²) in [6, 6.07) is 2.43. The molecule has 0 bridgehead atoms. The topological polar surface area (TPSA) is 89.5 Å². The lowest BCUT2D eigenvalue weighted by atomic mass is 9.96. The maximum atomic E-state index is 13.0. The number of hydrogen-bond acceptors (Lipinski definition) is 4. The molecule has 0 radical (unpaired) electrons. The van der Waals surface area contributed by atoms with Crippen LogP contribution in [0.25, 0.3) is 0 Å². The largest absolute Gasteiger partial charge is 0.393 e. The molecule has 126 valence electrons. The predicted molar refractivity (Wildman–Crippen MR) is 80.3 cm³/mol. The monoisotopic (exact) mass is 395 g/mol. The number of nitrogens with zero attached hydrogens (tertiary/aromatic N) is 2. The van der Waals surface area contributed by atoms with Crippen LogP contribution in [0, 0.1) is 16.0 Å². The SMILES string of the molecule is NC(=O)c1cc(Br)cc([N+](=O)[O-])c1N1CCCC(C(F)(F)F)C1. The predicted octanol–water partition coefficient (Wildman–Crippen LogP) is 3.23. The number of carbonyl (C=O) groups excluding carboxylic acids is 1. The van der Waals surface area contributed by atoms with E-state index < -0.39 is 35.2 Å². The highest BCUT2D eigenvalue weighted by molar-refractivity contribution is 9.10. The summed E-state index contributed by atoms with van der Waals surface area (Å²) in [5, 5.41) is 11.3. The van der Waals surface area contributed by atoms with Gasteiger partial charge >= 0.3 is 6.18 Å². The number of amides is 1. The molecule has 2 N–H and O–H groups in total. The minimum absolute atomic E-state index is 0.0454. The van der Waals surface area contributed by atoms with E-state index in [9.17, 15) is 28.1 Å². The van der Waals surface area contributed by atoms with Crippen LogP contribution in [-0.2, 0) is 0 Å². The zero-order valence-electron chi connectivity index (χ0n) is 11.8. The summed E-state index contributed by atoms with van der Waals surface area (Å²) in [4.78, 5) is 23.3. The van der Waals surface area contributed by atoms with Gasteiger partial charge in [0.2, 0.25) is 0 Å². The minimum Gasteiger partial charge on any atom is -0.366 e. The summed E-state index contributed by atoms with van der Waals surface area (Å²) >= 11 is 3.04. The van der Waals surface area contributed by atoms with Crippen LogP contribution in [0.4, 0.5) is 24.5 Å². The molecule has 1 unspecified atom stereocenters. The van der Waals surface area contributed by atoms with Gasteiger partial charge in [-0.2, -0.15) is 13.2 Å². The number of halogens is 4. The lowest BCUT2D eigenvalue weighted by Crippen LogP contribution is -2.42. The fourth-order valence-corrected chi connectivity index (χ4v) is 3.14. The number of benzene rings is 1. The average Bonchev–Trinajstić information content (AvgIpc) is 2.45. The Balaban J connectivity index is 2.52. The highest BCUT2D eigenvalue weighted by atomic mass is 79.9. The van der Waals surface area contributed by atoms with Crippen LogP contribution < -0.4 is 10.6 Å². The molecule has 0 aromatic heterocycles. The average molecular weight is 396 g/mol. The van der Waals surface area contributed by atoms with Gasteiger partial charge in [-0.1, -0.05) is 15.9 Å². The molecule has 1 atom stereocenters. The van der Waals surface area contributed by atoms with Gasteiger partial charge in [0, 0.05) is 23.6 Å². The number of hydrogen-bond donors (Lipinski definition) is 1. The van der Waals surface area contributed by atoms with Crippen LogP contribution in [0.1, 0.15) is 23.2 Å². The van der Waals surface area contributed by atoms with Crippen molar-refractivity contribution >= 4 is 33.2 Å². The van der Waals surface area contributed by atoms with Crippen molar-refractivity contribution in [2.45, 2.75) is 19.0 Å². The van der Waals surface area contributed by atoms with Crippen LogP contribution in [0.2, 0.25) is 0 Å². The van der Waals surface area contributed by atoms with E-state index in [1.54, 1.807) is 0 Å². The molecule has 1 aromatic rings. The molecular formula is C13H13BrF3N3O3. The first-order valence-electron chi connectivity index (χ1n) is 6.70. The molecule has 1 aliphatic heterocycles. The van der Waals surface area contributed by atoms with E-state index in [1.807, 2.05) is 0 Å². The Morgan fingerprint density at radius 1 is 1.43 bits per heavy atom. The molecule has 1 aromatic carbocycles. The summed E-state index contributed by atoms with van der Waals surface area (Å²) in [5.74, 6) is -2.53. The molecule has 0 aliphatic carbocycles. The molecular weight excluding hydrogens is 383 g/mol. The van der Waals surface area contributed by atoms with E-state index in [0.29, 0.717) is 0 Å². The van der Waals surface area contributed by atoms with E-state index in [4.69, 9.17) is 5.73 Å². The summed E-state index contributed by atoms with van der Waals surface area (Å²) in [6.07, 6.45) is -4.22. The summed E-state index contributed by atoms with van der Waals surface area (Å²) in [6.45, 7) is -0.248. The number of anilines is 1. The van der Waals surface area contributed by atoms with Gasteiger partial charge in [-0.15, -0.1) is 0 Å². The minimum atomic E-state index is -4.39. The van der Waals surface area contributed by atoms with Gasteiger partial charge in [0.1, 0.15) is 5.69 Å². The fourth-order valence-electron chi connectivity index (χ4n) is 2.69. The number of rotatable bonds is 3. The van der Waals surface area contributed by atoms with E-state index >= 15 is 0 Å². The van der Waals surface area contributed by atoms with E-state index in [1.165, 1.54) is 11.0 Å². The van der Waals surface area contributed by atoms with Gasteiger partial charge in [0.05, 0.1) is 16.4 Å². The third-order valence-electron chi connectivity index (χ3n) is 3.72. The maximum Gasteiger partial charge on any atom is 0.393 e. The Bertz CT molecular complexity index is 616. The summed E-state index contributed by atoms with van der Waals surface area (Å²) < 4.78 is 39.1. The fraction of sp³-hybridized carbons (Fsp3) is 0.462. The second-order valence-electron chi connectivity index (χ2n) is 5.27. The van der Waals surface area contributed by atoms with Gasteiger partial charge in [0.25, 0.3) is 11.6 Å².